The smallest absolute Gasteiger partial charge is 0.387 e. The lowest BCUT2D eigenvalue weighted by atomic mass is 9.62. The monoisotopic (exact) mass is 572 g/mol. The summed E-state index contributed by atoms with van der Waals surface area (Å²) in [6.45, 7) is 0.877. The number of aliphatic hydroxyl groups is 8. The Kier molecular flexibility index (Phi) is 9.86. The Morgan fingerprint density at radius 3 is 1.82 bits per heavy atom. The van der Waals surface area contributed by atoms with Gasteiger partial charge in [0.05, 0.1) is 19.3 Å². The zero-order chi connectivity index (χ0) is 29.9. The van der Waals surface area contributed by atoms with Gasteiger partial charge in [0.2, 0.25) is 0 Å². The summed E-state index contributed by atoms with van der Waals surface area (Å²) in [6.07, 6.45) is -19.1. The fraction of sp³-hybridized carbons (Fsp3) is 0.684. The molecule has 5 unspecified atom stereocenters. The van der Waals surface area contributed by atoms with Crippen molar-refractivity contribution in [1.29, 1.82) is 0 Å². The summed E-state index contributed by atoms with van der Waals surface area (Å²) >= 11 is 0. The van der Waals surface area contributed by atoms with E-state index < -0.39 is 109 Å². The van der Waals surface area contributed by atoms with Gasteiger partial charge < -0.3 is 40.9 Å². The van der Waals surface area contributed by atoms with Crippen LogP contribution in [0.4, 0.5) is 0 Å². The van der Waals surface area contributed by atoms with Crippen LogP contribution in [0.3, 0.4) is 0 Å². The molecular weight excluding hydrogens is 548 g/mol. The molecule has 20 heteroatoms. The van der Waals surface area contributed by atoms with Gasteiger partial charge in [0.1, 0.15) is 42.0 Å². The van der Waals surface area contributed by atoms with Gasteiger partial charge in [-0.15, -0.1) is 0 Å². The van der Waals surface area contributed by atoms with E-state index in [-0.39, 0.29) is 0 Å². The molecule has 0 aromatic heterocycles. The molecule has 0 amide bonds. The summed E-state index contributed by atoms with van der Waals surface area (Å²) in [5, 5.41) is 82.5. The molecule has 8 N–H and O–H groups in total. The van der Waals surface area contributed by atoms with Crippen molar-refractivity contribution >= 4 is 35.8 Å². The van der Waals surface area contributed by atoms with Gasteiger partial charge in [0, 0.05) is 0 Å². The molecule has 0 aromatic rings. The van der Waals surface area contributed by atoms with Crippen molar-refractivity contribution in [1.82, 2.24) is 0 Å². The third-order valence-electron chi connectivity index (χ3n) is 5.76. The molecule has 1 saturated heterocycles. The molecule has 2 rings (SSSR count). The van der Waals surface area contributed by atoms with Crippen molar-refractivity contribution in [3.05, 3.63) is 0 Å². The molecule has 0 radical (unpaired) electrons. The summed E-state index contributed by atoms with van der Waals surface area (Å²) in [4.78, 5) is 97.3. The van der Waals surface area contributed by atoms with Gasteiger partial charge in [0.25, 0.3) is 0 Å². The van der Waals surface area contributed by atoms with Gasteiger partial charge in [-0.25, -0.2) is 58.1 Å². The second-order valence-electron chi connectivity index (χ2n) is 8.50. The van der Waals surface area contributed by atoms with E-state index in [4.69, 9.17) is 5.11 Å². The fourth-order valence-corrected chi connectivity index (χ4v) is 3.68. The van der Waals surface area contributed by atoms with E-state index in [0.29, 0.717) is 0 Å². The molecular formula is C19H24O20. The number of hydrogen-bond acceptors (Lipinski definition) is 20. The van der Waals surface area contributed by atoms with Gasteiger partial charge in [-0.2, -0.15) is 0 Å². The summed E-state index contributed by atoms with van der Waals surface area (Å²) in [5.41, 5.74) is -7.89. The Labute approximate surface area is 215 Å². The number of carbonyl (C=O) groups is 6. The highest BCUT2D eigenvalue weighted by Crippen LogP contribution is 2.43. The average molecular weight is 572 g/mol. The molecule has 1 saturated carbocycles. The van der Waals surface area contributed by atoms with Crippen LogP contribution < -0.4 is 0 Å². The molecule has 0 bridgehead atoms. The minimum Gasteiger partial charge on any atom is -0.387 e. The largest absolute Gasteiger partial charge is 0.388 e. The molecule has 0 spiro atoms. The highest BCUT2D eigenvalue weighted by molar-refractivity contribution is 5.93. The van der Waals surface area contributed by atoms with E-state index in [9.17, 15) is 64.5 Å². The summed E-state index contributed by atoms with van der Waals surface area (Å²) in [7, 11) is 0. The quantitative estimate of drug-likeness (QED) is 0.115. The Balaban J connectivity index is 2.67. The Bertz CT molecular complexity index is 976. The molecule has 9 atom stereocenters. The van der Waals surface area contributed by atoms with Crippen LogP contribution in [0.2, 0.25) is 0 Å². The van der Waals surface area contributed by atoms with Gasteiger partial charge in [-0.3, -0.25) is 0 Å². The van der Waals surface area contributed by atoms with E-state index in [0.717, 1.165) is 6.92 Å². The lowest BCUT2D eigenvalue weighted by Crippen LogP contribution is -2.77. The van der Waals surface area contributed by atoms with Crippen molar-refractivity contribution in [2.45, 2.75) is 74.0 Å². The lowest BCUT2D eigenvalue weighted by Gasteiger charge is -2.52. The van der Waals surface area contributed by atoms with Crippen LogP contribution in [0.5, 0.6) is 0 Å². The first-order valence-corrected chi connectivity index (χ1v) is 10.8. The van der Waals surface area contributed by atoms with E-state index in [1.165, 1.54) is 0 Å². The van der Waals surface area contributed by atoms with Crippen LogP contribution in [0, 0.1) is 5.92 Å². The predicted octanol–water partition coefficient (Wildman–Crippen LogP) is -6.55. The molecule has 1 aliphatic carbocycles. The minimum atomic E-state index is -4.02. The van der Waals surface area contributed by atoms with Crippen LogP contribution in [-0.2, 0) is 58.1 Å². The van der Waals surface area contributed by atoms with E-state index >= 15 is 0 Å². The van der Waals surface area contributed by atoms with Crippen molar-refractivity contribution < 1.29 is 98.9 Å². The summed E-state index contributed by atoms with van der Waals surface area (Å²) in [6, 6.07) is 0. The number of aliphatic hydroxyl groups excluding tert-OH is 6. The van der Waals surface area contributed by atoms with Crippen LogP contribution in [-0.4, -0.2) is 124 Å². The molecule has 2 fully saturated rings. The Morgan fingerprint density at radius 2 is 1.33 bits per heavy atom. The normalized spacial score (nSPS) is 37.1. The number of rotatable bonds is 4. The molecule has 2 aliphatic rings. The zero-order valence-electron chi connectivity index (χ0n) is 19.6. The van der Waals surface area contributed by atoms with Crippen molar-refractivity contribution in [2.24, 2.45) is 5.92 Å². The maximum atomic E-state index is 13.0. The maximum Gasteiger partial charge on any atom is 0.388 e. The predicted molar refractivity (Wildman–Crippen MR) is 106 cm³/mol. The minimum absolute atomic E-state index is 0.847. The molecule has 1 heterocycles. The SMILES string of the molecule is CC(O)C(=O)OOC(=O)CC1(O)C(=O)OOC(=O)CCC(=O)OOC(=O)C1C1(O)[C@H](O)[C@H](O)C(O)[C@H](O)[C@H]1O. The van der Waals surface area contributed by atoms with E-state index in [1.54, 1.807) is 0 Å². The second-order valence-corrected chi connectivity index (χ2v) is 8.50. The van der Waals surface area contributed by atoms with Gasteiger partial charge >= 0.3 is 35.8 Å². The first-order valence-electron chi connectivity index (χ1n) is 10.8. The van der Waals surface area contributed by atoms with Gasteiger partial charge in [-0.1, -0.05) is 0 Å². The zero-order valence-corrected chi connectivity index (χ0v) is 19.6. The standard InChI is InChI=1S/C19H24O20/c1-5(20)15(29)37-36-8(23)4-18(32)12(19(33)13(27)10(25)9(24)11(26)14(19)28)16(30)38-34-6(21)2-3-7(22)35-39-17(18)31/h5,9-14,20,24-28,32-33H,2-4H2,1H3/t5?,9?,10-,11+,12?,13-,14-,18?,19?/m1/s1. The molecule has 20 nitrogen and oxygen atoms in total. The third kappa shape index (κ3) is 6.39. The Hall–Kier alpha value is -3.50. The average Bonchev–Trinajstić information content (AvgIpc) is 2.88. The number of carbonyl (C=O) groups excluding carboxylic acids is 6. The highest BCUT2D eigenvalue weighted by Gasteiger charge is 2.71. The summed E-state index contributed by atoms with van der Waals surface area (Å²) < 4.78 is 0. The van der Waals surface area contributed by atoms with Crippen molar-refractivity contribution in [2.75, 3.05) is 0 Å². The first-order chi connectivity index (χ1) is 18.0. The first kappa shape index (κ1) is 31.7. The maximum absolute atomic E-state index is 13.0. The summed E-state index contributed by atoms with van der Waals surface area (Å²) in [5.74, 6) is -14.4. The molecule has 39 heavy (non-hydrogen) atoms. The van der Waals surface area contributed by atoms with Crippen LogP contribution >= 0.6 is 0 Å². The topological polar surface area (TPSA) is 320 Å². The van der Waals surface area contributed by atoms with Crippen LogP contribution in [0.1, 0.15) is 26.2 Å². The van der Waals surface area contributed by atoms with Crippen molar-refractivity contribution in [3.63, 3.8) is 0 Å². The third-order valence-corrected chi connectivity index (χ3v) is 5.76. The number of hydrogen-bond donors (Lipinski definition) is 8. The van der Waals surface area contributed by atoms with Gasteiger partial charge in [-0.05, 0) is 6.92 Å². The fourth-order valence-electron chi connectivity index (χ4n) is 3.68. The van der Waals surface area contributed by atoms with Crippen LogP contribution in [0.15, 0.2) is 0 Å². The van der Waals surface area contributed by atoms with E-state index in [1.807, 2.05) is 0 Å². The highest BCUT2D eigenvalue weighted by atomic mass is 17.2. The lowest BCUT2D eigenvalue weighted by molar-refractivity contribution is -0.322. The van der Waals surface area contributed by atoms with Crippen LogP contribution in [0.25, 0.3) is 0 Å². The second kappa shape index (κ2) is 12.1. The van der Waals surface area contributed by atoms with E-state index in [2.05, 4.69) is 29.3 Å². The molecule has 220 valence electrons. The Morgan fingerprint density at radius 1 is 0.846 bits per heavy atom. The molecule has 0 aromatic carbocycles. The van der Waals surface area contributed by atoms with Crippen molar-refractivity contribution in [3.8, 4) is 0 Å². The molecule has 1 aliphatic heterocycles. The van der Waals surface area contributed by atoms with Gasteiger partial charge in [0.15, 0.2) is 11.7 Å².